The molecule has 1 aromatic heterocycles. The van der Waals surface area contributed by atoms with Gasteiger partial charge in [-0.2, -0.15) is 0 Å². The highest BCUT2D eigenvalue weighted by Crippen LogP contribution is 2.26. The SMILES string of the molecule is CC(C)[C@@H](N[C@H](C)CC(N)=O)c1cccs1. The van der Waals surface area contributed by atoms with E-state index in [0.29, 0.717) is 18.4 Å². The van der Waals surface area contributed by atoms with Gasteiger partial charge in [0.25, 0.3) is 0 Å². The summed E-state index contributed by atoms with van der Waals surface area (Å²) in [6.07, 6.45) is 0.384. The number of hydrogen-bond donors (Lipinski definition) is 2. The first-order valence-electron chi connectivity index (χ1n) is 5.58. The molecule has 0 aliphatic carbocycles. The molecule has 2 atom stereocenters. The molecular weight excluding hydrogens is 220 g/mol. The molecule has 4 heteroatoms. The first-order chi connectivity index (χ1) is 7.50. The van der Waals surface area contributed by atoms with Gasteiger partial charge in [0.05, 0.1) is 0 Å². The normalized spacial score (nSPS) is 15.0. The van der Waals surface area contributed by atoms with Gasteiger partial charge in [-0.15, -0.1) is 11.3 Å². The van der Waals surface area contributed by atoms with Crippen LogP contribution in [0.15, 0.2) is 17.5 Å². The van der Waals surface area contributed by atoms with E-state index in [2.05, 4.69) is 36.7 Å². The van der Waals surface area contributed by atoms with Crippen LogP contribution in [0.4, 0.5) is 0 Å². The monoisotopic (exact) mass is 240 g/mol. The van der Waals surface area contributed by atoms with Gasteiger partial charge in [0, 0.05) is 23.4 Å². The zero-order valence-electron chi connectivity index (χ0n) is 10.1. The van der Waals surface area contributed by atoms with Crippen molar-refractivity contribution in [3.05, 3.63) is 22.4 Å². The van der Waals surface area contributed by atoms with Crippen LogP contribution in [0.1, 0.15) is 38.1 Å². The smallest absolute Gasteiger partial charge is 0.218 e. The van der Waals surface area contributed by atoms with Gasteiger partial charge in [-0.05, 0) is 24.3 Å². The zero-order chi connectivity index (χ0) is 12.1. The van der Waals surface area contributed by atoms with Gasteiger partial charge < -0.3 is 11.1 Å². The van der Waals surface area contributed by atoms with Crippen molar-refractivity contribution in [1.82, 2.24) is 5.32 Å². The largest absolute Gasteiger partial charge is 0.370 e. The van der Waals surface area contributed by atoms with Crippen molar-refractivity contribution in [3.8, 4) is 0 Å². The molecule has 0 fully saturated rings. The minimum Gasteiger partial charge on any atom is -0.370 e. The number of hydrogen-bond acceptors (Lipinski definition) is 3. The maximum absolute atomic E-state index is 10.8. The summed E-state index contributed by atoms with van der Waals surface area (Å²) in [6, 6.07) is 4.59. The molecule has 0 aliphatic rings. The first-order valence-corrected chi connectivity index (χ1v) is 6.46. The molecule has 0 unspecified atom stereocenters. The minimum absolute atomic E-state index is 0.118. The van der Waals surface area contributed by atoms with Crippen LogP contribution in [0.3, 0.4) is 0 Å². The van der Waals surface area contributed by atoms with E-state index in [1.807, 2.05) is 6.92 Å². The van der Waals surface area contributed by atoms with Crippen LogP contribution >= 0.6 is 11.3 Å². The Morgan fingerprint density at radius 2 is 2.19 bits per heavy atom. The Bertz CT molecular complexity index is 322. The van der Waals surface area contributed by atoms with Crippen LogP contribution in [-0.4, -0.2) is 11.9 Å². The van der Waals surface area contributed by atoms with E-state index < -0.39 is 0 Å². The topological polar surface area (TPSA) is 55.1 Å². The Hall–Kier alpha value is -0.870. The molecule has 1 aromatic rings. The summed E-state index contributed by atoms with van der Waals surface area (Å²) in [6.45, 7) is 6.34. The number of thiophene rings is 1. The molecule has 1 heterocycles. The third-order valence-corrected chi connectivity index (χ3v) is 3.44. The van der Waals surface area contributed by atoms with Crippen molar-refractivity contribution in [2.24, 2.45) is 11.7 Å². The van der Waals surface area contributed by atoms with Crippen LogP contribution < -0.4 is 11.1 Å². The summed E-state index contributed by atoms with van der Waals surface area (Å²) in [5, 5.41) is 5.53. The molecule has 0 bridgehead atoms. The predicted octanol–water partition coefficient (Wildman–Crippen LogP) is 2.30. The average Bonchev–Trinajstić information content (AvgIpc) is 2.64. The molecule has 0 aliphatic heterocycles. The summed E-state index contributed by atoms with van der Waals surface area (Å²) >= 11 is 1.74. The van der Waals surface area contributed by atoms with E-state index >= 15 is 0 Å². The lowest BCUT2D eigenvalue weighted by molar-refractivity contribution is -0.118. The van der Waals surface area contributed by atoms with E-state index in [1.54, 1.807) is 11.3 Å². The molecule has 0 spiro atoms. The minimum atomic E-state index is -0.256. The summed E-state index contributed by atoms with van der Waals surface area (Å²) in [5.74, 6) is 0.239. The quantitative estimate of drug-likeness (QED) is 0.801. The summed E-state index contributed by atoms with van der Waals surface area (Å²) < 4.78 is 0. The Labute approximate surface area is 101 Å². The second kappa shape index (κ2) is 6.01. The van der Waals surface area contributed by atoms with Gasteiger partial charge in [0.15, 0.2) is 0 Å². The fraction of sp³-hybridized carbons (Fsp3) is 0.583. The summed E-state index contributed by atoms with van der Waals surface area (Å²) in [7, 11) is 0. The van der Waals surface area contributed by atoms with Crippen LogP contribution in [0, 0.1) is 5.92 Å². The van der Waals surface area contributed by atoms with Gasteiger partial charge in [0.1, 0.15) is 0 Å². The van der Waals surface area contributed by atoms with Gasteiger partial charge in [-0.1, -0.05) is 19.9 Å². The van der Waals surface area contributed by atoms with Crippen molar-refractivity contribution < 1.29 is 4.79 Å². The van der Waals surface area contributed by atoms with Crippen molar-refractivity contribution in [3.63, 3.8) is 0 Å². The van der Waals surface area contributed by atoms with E-state index in [1.165, 1.54) is 4.88 Å². The Balaban J connectivity index is 2.62. The summed E-state index contributed by atoms with van der Waals surface area (Å²) in [5.41, 5.74) is 5.19. The highest BCUT2D eigenvalue weighted by Gasteiger charge is 2.19. The molecular formula is C12H20N2OS. The fourth-order valence-electron chi connectivity index (χ4n) is 1.74. The molecule has 3 nitrogen and oxygen atoms in total. The van der Waals surface area contributed by atoms with Gasteiger partial charge in [0.2, 0.25) is 5.91 Å². The van der Waals surface area contributed by atoms with Gasteiger partial charge in [-0.25, -0.2) is 0 Å². The molecule has 1 rings (SSSR count). The van der Waals surface area contributed by atoms with E-state index in [9.17, 15) is 4.79 Å². The average molecular weight is 240 g/mol. The zero-order valence-corrected chi connectivity index (χ0v) is 10.9. The van der Waals surface area contributed by atoms with Gasteiger partial charge >= 0.3 is 0 Å². The molecule has 16 heavy (non-hydrogen) atoms. The van der Waals surface area contributed by atoms with Crippen LogP contribution in [0.5, 0.6) is 0 Å². The van der Waals surface area contributed by atoms with Crippen LogP contribution in [0.25, 0.3) is 0 Å². The maximum atomic E-state index is 10.8. The van der Waals surface area contributed by atoms with E-state index in [-0.39, 0.29) is 11.9 Å². The molecule has 0 aromatic carbocycles. The highest BCUT2D eigenvalue weighted by molar-refractivity contribution is 7.10. The number of nitrogens with two attached hydrogens (primary N) is 1. The molecule has 90 valence electrons. The molecule has 1 amide bonds. The number of nitrogens with one attached hydrogen (secondary N) is 1. The number of carbonyl (C=O) groups excluding carboxylic acids is 1. The fourth-order valence-corrected chi connectivity index (χ4v) is 2.70. The lowest BCUT2D eigenvalue weighted by Crippen LogP contribution is -2.35. The molecule has 3 N–H and O–H groups in total. The molecule has 0 saturated heterocycles. The third kappa shape index (κ3) is 3.94. The maximum Gasteiger partial charge on any atom is 0.218 e. The van der Waals surface area contributed by atoms with Crippen LogP contribution in [0.2, 0.25) is 0 Å². The number of carbonyl (C=O) groups is 1. The standard InChI is InChI=1S/C12H20N2OS/c1-8(2)12(10-5-4-6-16-10)14-9(3)7-11(13)15/h4-6,8-9,12,14H,7H2,1-3H3,(H2,13,15)/t9-,12-/m1/s1. The number of primary amides is 1. The second-order valence-electron chi connectivity index (χ2n) is 4.48. The van der Waals surface area contributed by atoms with Crippen molar-refractivity contribution in [1.29, 1.82) is 0 Å². The lowest BCUT2D eigenvalue weighted by atomic mass is 10.0. The van der Waals surface area contributed by atoms with Gasteiger partial charge in [-0.3, -0.25) is 4.79 Å². The number of rotatable bonds is 6. The van der Waals surface area contributed by atoms with E-state index in [0.717, 1.165) is 0 Å². The second-order valence-corrected chi connectivity index (χ2v) is 5.45. The number of amides is 1. The lowest BCUT2D eigenvalue weighted by Gasteiger charge is -2.25. The Kier molecular flexibility index (Phi) is 4.96. The summed E-state index contributed by atoms with van der Waals surface area (Å²) in [4.78, 5) is 12.1. The molecule has 0 saturated carbocycles. The Morgan fingerprint density at radius 3 is 2.62 bits per heavy atom. The first kappa shape index (κ1) is 13.2. The van der Waals surface area contributed by atoms with Crippen molar-refractivity contribution >= 4 is 17.2 Å². The Morgan fingerprint density at radius 1 is 1.50 bits per heavy atom. The predicted molar refractivity (Wildman–Crippen MR) is 68.3 cm³/mol. The third-order valence-electron chi connectivity index (χ3n) is 2.49. The van der Waals surface area contributed by atoms with Crippen molar-refractivity contribution in [2.75, 3.05) is 0 Å². The van der Waals surface area contributed by atoms with E-state index in [4.69, 9.17) is 5.73 Å². The van der Waals surface area contributed by atoms with Crippen molar-refractivity contribution in [2.45, 2.75) is 39.3 Å². The highest BCUT2D eigenvalue weighted by atomic mass is 32.1. The van der Waals surface area contributed by atoms with Crippen LogP contribution in [-0.2, 0) is 4.79 Å². The molecule has 0 radical (unpaired) electrons.